The number of hydrogen-bond donors (Lipinski definition) is 0. The molecule has 20 heavy (non-hydrogen) atoms. The molecule has 5 nitrogen and oxygen atoms in total. The summed E-state index contributed by atoms with van der Waals surface area (Å²) in [7, 11) is 2.48. The van der Waals surface area contributed by atoms with Gasteiger partial charge in [0.05, 0.1) is 20.6 Å². The molecule has 0 saturated heterocycles. The highest BCUT2D eigenvalue weighted by molar-refractivity contribution is 6.12. The Morgan fingerprint density at radius 1 is 1.30 bits per heavy atom. The number of ether oxygens (including phenoxy) is 2. The van der Waals surface area contributed by atoms with E-state index in [9.17, 15) is 14.4 Å². The smallest absolute Gasteiger partial charge is 0.321 e. The lowest BCUT2D eigenvalue weighted by atomic mass is 9.72. The van der Waals surface area contributed by atoms with Gasteiger partial charge in [0.15, 0.2) is 5.78 Å². The molecule has 0 spiro atoms. The Kier molecular flexibility index (Phi) is 5.51. The third kappa shape index (κ3) is 2.90. The first-order valence-electron chi connectivity index (χ1n) is 6.36. The van der Waals surface area contributed by atoms with Crippen molar-refractivity contribution in [3.8, 4) is 11.8 Å². The van der Waals surface area contributed by atoms with Crippen molar-refractivity contribution in [2.75, 3.05) is 14.2 Å². The minimum absolute atomic E-state index is 0.0427. The summed E-state index contributed by atoms with van der Waals surface area (Å²) in [5, 5.41) is 0. The first-order chi connectivity index (χ1) is 9.52. The fraction of sp³-hybridized carbons (Fsp3) is 0.533. The Labute approximate surface area is 118 Å². The number of rotatable bonds is 4. The second-order valence-corrected chi connectivity index (χ2v) is 4.46. The SMILES string of the molecule is CCC#CCC1(C(=O)OC)C(=O)C=CC1CC(=O)OC. The number of esters is 2. The first-order valence-corrected chi connectivity index (χ1v) is 6.36. The van der Waals surface area contributed by atoms with Gasteiger partial charge >= 0.3 is 11.9 Å². The second-order valence-electron chi connectivity index (χ2n) is 4.46. The molecule has 0 aromatic rings. The van der Waals surface area contributed by atoms with Crippen molar-refractivity contribution in [3.05, 3.63) is 12.2 Å². The van der Waals surface area contributed by atoms with Gasteiger partial charge in [0.25, 0.3) is 0 Å². The van der Waals surface area contributed by atoms with Crippen molar-refractivity contribution in [2.24, 2.45) is 11.3 Å². The molecule has 0 bridgehead atoms. The van der Waals surface area contributed by atoms with Crippen LogP contribution in [0, 0.1) is 23.2 Å². The maximum atomic E-state index is 12.2. The molecule has 0 aliphatic heterocycles. The zero-order valence-electron chi connectivity index (χ0n) is 11.9. The Morgan fingerprint density at radius 2 is 2.00 bits per heavy atom. The van der Waals surface area contributed by atoms with Crippen LogP contribution >= 0.6 is 0 Å². The van der Waals surface area contributed by atoms with Gasteiger partial charge in [0.2, 0.25) is 0 Å². The summed E-state index contributed by atoms with van der Waals surface area (Å²) in [6.45, 7) is 1.87. The summed E-state index contributed by atoms with van der Waals surface area (Å²) >= 11 is 0. The molecule has 0 aromatic carbocycles. The Balaban J connectivity index is 3.12. The van der Waals surface area contributed by atoms with Crippen LogP contribution in [0.2, 0.25) is 0 Å². The molecular formula is C15H18O5. The van der Waals surface area contributed by atoms with E-state index in [0.717, 1.165) is 0 Å². The molecule has 0 amide bonds. The molecule has 2 unspecified atom stereocenters. The minimum atomic E-state index is -1.43. The largest absolute Gasteiger partial charge is 0.469 e. The zero-order valence-corrected chi connectivity index (χ0v) is 11.9. The van der Waals surface area contributed by atoms with Gasteiger partial charge in [0, 0.05) is 18.8 Å². The molecule has 0 aromatic heterocycles. The first kappa shape index (κ1) is 16.0. The Bertz CT molecular complexity index is 494. The van der Waals surface area contributed by atoms with E-state index in [1.807, 2.05) is 6.92 Å². The second kappa shape index (κ2) is 6.90. The van der Waals surface area contributed by atoms with E-state index in [2.05, 4.69) is 16.6 Å². The van der Waals surface area contributed by atoms with Crippen LogP contribution in [0.3, 0.4) is 0 Å². The molecule has 5 heteroatoms. The summed E-state index contributed by atoms with van der Waals surface area (Å²) in [4.78, 5) is 35.7. The molecule has 2 atom stereocenters. The van der Waals surface area contributed by atoms with Crippen LogP contribution in [-0.2, 0) is 23.9 Å². The van der Waals surface area contributed by atoms with Crippen molar-refractivity contribution < 1.29 is 23.9 Å². The van der Waals surface area contributed by atoms with E-state index in [1.165, 1.54) is 20.3 Å². The fourth-order valence-electron chi connectivity index (χ4n) is 2.26. The van der Waals surface area contributed by atoms with Gasteiger partial charge in [-0.3, -0.25) is 14.4 Å². The van der Waals surface area contributed by atoms with Gasteiger partial charge in [-0.05, 0) is 6.08 Å². The molecular weight excluding hydrogens is 260 g/mol. The molecule has 0 N–H and O–H groups in total. The van der Waals surface area contributed by atoms with E-state index in [0.29, 0.717) is 6.42 Å². The lowest BCUT2D eigenvalue weighted by Crippen LogP contribution is -2.43. The van der Waals surface area contributed by atoms with Crippen molar-refractivity contribution >= 4 is 17.7 Å². The molecule has 0 heterocycles. The maximum absolute atomic E-state index is 12.2. The highest BCUT2D eigenvalue weighted by atomic mass is 16.5. The molecule has 1 aliphatic rings. The molecule has 0 fully saturated rings. The van der Waals surface area contributed by atoms with Gasteiger partial charge in [-0.2, -0.15) is 0 Å². The highest BCUT2D eigenvalue weighted by Crippen LogP contribution is 2.42. The standard InChI is InChI=1S/C15H18O5/c1-4-5-6-9-15(14(18)20-3)11(7-8-12(15)16)10-13(17)19-2/h7-8,11H,4,9-10H2,1-3H3. The molecule has 1 rings (SSSR count). The number of allylic oxidation sites excluding steroid dienone is 2. The van der Waals surface area contributed by atoms with E-state index >= 15 is 0 Å². The average molecular weight is 278 g/mol. The molecule has 0 saturated carbocycles. The Morgan fingerprint density at radius 3 is 2.55 bits per heavy atom. The topological polar surface area (TPSA) is 69.7 Å². The van der Waals surface area contributed by atoms with Crippen LogP contribution in [-0.4, -0.2) is 31.9 Å². The Hall–Kier alpha value is -2.09. The van der Waals surface area contributed by atoms with Gasteiger partial charge in [-0.15, -0.1) is 11.8 Å². The summed E-state index contributed by atoms with van der Waals surface area (Å²) in [6, 6.07) is 0. The summed E-state index contributed by atoms with van der Waals surface area (Å²) < 4.78 is 9.37. The summed E-state index contributed by atoms with van der Waals surface area (Å²) in [6.07, 6.45) is 3.49. The number of carbonyl (C=O) groups is 3. The van der Waals surface area contributed by atoms with Crippen LogP contribution in [0.25, 0.3) is 0 Å². The van der Waals surface area contributed by atoms with Crippen LogP contribution < -0.4 is 0 Å². The normalized spacial score (nSPS) is 23.9. The predicted molar refractivity (Wildman–Crippen MR) is 71.4 cm³/mol. The van der Waals surface area contributed by atoms with E-state index in [4.69, 9.17) is 4.74 Å². The summed E-state index contributed by atoms with van der Waals surface area (Å²) in [5.74, 6) is 3.56. The number of hydrogen-bond acceptors (Lipinski definition) is 5. The van der Waals surface area contributed by atoms with E-state index in [-0.39, 0.29) is 18.6 Å². The lowest BCUT2D eigenvalue weighted by Gasteiger charge is -2.28. The van der Waals surface area contributed by atoms with Gasteiger partial charge in [-0.1, -0.05) is 13.0 Å². The van der Waals surface area contributed by atoms with Crippen molar-refractivity contribution in [2.45, 2.75) is 26.2 Å². The third-order valence-corrected chi connectivity index (χ3v) is 3.39. The van der Waals surface area contributed by atoms with Gasteiger partial charge in [-0.25, -0.2) is 0 Å². The van der Waals surface area contributed by atoms with Crippen LogP contribution in [0.15, 0.2) is 12.2 Å². The van der Waals surface area contributed by atoms with Gasteiger partial charge in [0.1, 0.15) is 5.41 Å². The predicted octanol–water partition coefficient (Wildman–Crippen LogP) is 1.27. The van der Waals surface area contributed by atoms with Crippen molar-refractivity contribution in [3.63, 3.8) is 0 Å². The van der Waals surface area contributed by atoms with E-state index in [1.54, 1.807) is 6.08 Å². The zero-order chi connectivity index (χ0) is 15.2. The van der Waals surface area contributed by atoms with Gasteiger partial charge < -0.3 is 9.47 Å². The van der Waals surface area contributed by atoms with Crippen LogP contribution in [0.4, 0.5) is 0 Å². The lowest BCUT2D eigenvalue weighted by molar-refractivity contribution is -0.159. The molecule has 108 valence electrons. The molecule has 1 aliphatic carbocycles. The van der Waals surface area contributed by atoms with Crippen molar-refractivity contribution in [1.82, 2.24) is 0 Å². The average Bonchev–Trinajstić information content (AvgIpc) is 2.76. The summed E-state index contributed by atoms with van der Waals surface area (Å²) in [5.41, 5.74) is -1.43. The number of methoxy groups -OCH3 is 2. The minimum Gasteiger partial charge on any atom is -0.469 e. The van der Waals surface area contributed by atoms with E-state index < -0.39 is 23.3 Å². The third-order valence-electron chi connectivity index (χ3n) is 3.39. The van der Waals surface area contributed by atoms with Crippen LogP contribution in [0.5, 0.6) is 0 Å². The van der Waals surface area contributed by atoms with Crippen molar-refractivity contribution in [1.29, 1.82) is 0 Å². The quantitative estimate of drug-likeness (QED) is 0.440. The molecule has 0 radical (unpaired) electrons. The number of ketones is 1. The monoisotopic (exact) mass is 278 g/mol. The fourth-order valence-corrected chi connectivity index (χ4v) is 2.26. The maximum Gasteiger partial charge on any atom is 0.321 e. The highest BCUT2D eigenvalue weighted by Gasteiger charge is 2.54. The number of carbonyl (C=O) groups excluding carboxylic acids is 3. The van der Waals surface area contributed by atoms with Crippen LogP contribution in [0.1, 0.15) is 26.2 Å².